The van der Waals surface area contributed by atoms with Crippen molar-refractivity contribution >= 4 is 23.2 Å². The van der Waals surface area contributed by atoms with Gasteiger partial charge < -0.3 is 10.2 Å². The molecule has 27 heavy (non-hydrogen) atoms. The van der Waals surface area contributed by atoms with E-state index in [9.17, 15) is 4.79 Å². The highest BCUT2D eigenvalue weighted by Gasteiger charge is 2.17. The molecule has 1 N–H and O–H groups in total. The van der Waals surface area contributed by atoms with Gasteiger partial charge in [-0.25, -0.2) is 9.97 Å². The summed E-state index contributed by atoms with van der Waals surface area (Å²) in [6.07, 6.45) is 2.35. The van der Waals surface area contributed by atoms with Gasteiger partial charge in [-0.15, -0.1) is 11.3 Å². The summed E-state index contributed by atoms with van der Waals surface area (Å²) < 4.78 is 1.62. The summed E-state index contributed by atoms with van der Waals surface area (Å²) >= 11 is 1.61. The zero-order valence-electron chi connectivity index (χ0n) is 15.5. The second-order valence-electron chi connectivity index (χ2n) is 6.69. The normalized spacial score (nSPS) is 13.9. The van der Waals surface area contributed by atoms with Crippen molar-refractivity contribution < 1.29 is 4.79 Å². The van der Waals surface area contributed by atoms with Crippen LogP contribution in [-0.4, -0.2) is 38.7 Å². The Kier molecular flexibility index (Phi) is 4.89. The molecule has 0 aliphatic carbocycles. The number of nitrogens with one attached hydrogen (secondary N) is 1. The molecule has 8 heteroatoms. The molecule has 0 spiro atoms. The van der Waals surface area contributed by atoms with Crippen LogP contribution in [0.3, 0.4) is 0 Å². The van der Waals surface area contributed by atoms with E-state index in [0.29, 0.717) is 12.2 Å². The Bertz CT molecular complexity index is 943. The lowest BCUT2D eigenvalue weighted by molar-refractivity contribution is 0.0941. The molecule has 4 heterocycles. The first-order valence-electron chi connectivity index (χ1n) is 9.06. The van der Waals surface area contributed by atoms with Gasteiger partial charge in [-0.2, -0.15) is 5.10 Å². The van der Waals surface area contributed by atoms with Crippen molar-refractivity contribution in [1.82, 2.24) is 25.1 Å². The van der Waals surface area contributed by atoms with E-state index in [-0.39, 0.29) is 5.91 Å². The predicted molar refractivity (Wildman–Crippen MR) is 106 cm³/mol. The standard InChI is InChI=1S/C19H22N6OS/c1-13-10-14(22-19(21-13)25-7-3-4-8-25)12-20-18(26)16-11-15(23-24(16)2)17-6-5-9-27-17/h5-6,9-11H,3-4,7-8,12H2,1-2H3,(H,20,26). The molecule has 3 aromatic rings. The van der Waals surface area contributed by atoms with Crippen LogP contribution in [0.2, 0.25) is 0 Å². The zero-order valence-corrected chi connectivity index (χ0v) is 16.3. The fourth-order valence-corrected chi connectivity index (χ4v) is 3.93. The Balaban J connectivity index is 1.46. The second kappa shape index (κ2) is 7.48. The van der Waals surface area contributed by atoms with E-state index in [2.05, 4.69) is 25.3 Å². The summed E-state index contributed by atoms with van der Waals surface area (Å²) in [5, 5.41) is 9.40. The van der Waals surface area contributed by atoms with Gasteiger partial charge in [-0.1, -0.05) is 6.07 Å². The van der Waals surface area contributed by atoms with Gasteiger partial charge in [0.15, 0.2) is 0 Å². The molecule has 1 aliphatic rings. The average Bonchev–Trinajstić information content (AvgIpc) is 3.39. The maximum Gasteiger partial charge on any atom is 0.269 e. The van der Waals surface area contributed by atoms with E-state index in [0.717, 1.165) is 41.0 Å². The SMILES string of the molecule is Cc1cc(CNC(=O)c2cc(-c3cccs3)nn2C)nc(N2CCCC2)n1. The highest BCUT2D eigenvalue weighted by molar-refractivity contribution is 7.13. The Morgan fingerprint density at radius 1 is 1.26 bits per heavy atom. The van der Waals surface area contributed by atoms with Gasteiger partial charge in [0.2, 0.25) is 5.95 Å². The minimum atomic E-state index is -0.160. The van der Waals surface area contributed by atoms with Crippen LogP contribution in [0.15, 0.2) is 29.6 Å². The average molecular weight is 382 g/mol. The number of aryl methyl sites for hydroxylation is 2. The van der Waals surface area contributed by atoms with Crippen LogP contribution < -0.4 is 10.2 Å². The maximum atomic E-state index is 12.6. The molecular formula is C19H22N6OS. The van der Waals surface area contributed by atoms with E-state index < -0.39 is 0 Å². The first kappa shape index (κ1) is 17.7. The molecule has 1 fully saturated rings. The maximum absolute atomic E-state index is 12.6. The van der Waals surface area contributed by atoms with Gasteiger partial charge in [0.25, 0.3) is 5.91 Å². The lowest BCUT2D eigenvalue weighted by atomic mass is 10.3. The molecule has 7 nitrogen and oxygen atoms in total. The van der Waals surface area contributed by atoms with Gasteiger partial charge in [0.1, 0.15) is 11.4 Å². The summed E-state index contributed by atoms with van der Waals surface area (Å²) in [7, 11) is 1.78. The first-order chi connectivity index (χ1) is 13.1. The van der Waals surface area contributed by atoms with Gasteiger partial charge in [0, 0.05) is 25.8 Å². The summed E-state index contributed by atoms with van der Waals surface area (Å²) in [4.78, 5) is 25.0. The summed E-state index contributed by atoms with van der Waals surface area (Å²) in [5.41, 5.74) is 3.07. The number of aromatic nitrogens is 4. The first-order valence-corrected chi connectivity index (χ1v) is 9.94. The molecule has 3 aromatic heterocycles. The van der Waals surface area contributed by atoms with Crippen molar-refractivity contribution in [2.45, 2.75) is 26.3 Å². The van der Waals surface area contributed by atoms with Gasteiger partial charge in [-0.3, -0.25) is 9.48 Å². The third-order valence-corrected chi connectivity index (χ3v) is 5.49. The molecule has 0 aromatic carbocycles. The second-order valence-corrected chi connectivity index (χ2v) is 7.64. The van der Waals surface area contributed by atoms with Gasteiger partial charge in [0.05, 0.1) is 17.1 Å². The van der Waals surface area contributed by atoms with Crippen LogP contribution >= 0.6 is 11.3 Å². The molecule has 1 saturated heterocycles. The number of anilines is 1. The molecule has 1 aliphatic heterocycles. The van der Waals surface area contributed by atoms with E-state index in [1.807, 2.05) is 36.6 Å². The molecule has 0 unspecified atom stereocenters. The minimum Gasteiger partial charge on any atom is -0.345 e. The number of amides is 1. The lowest BCUT2D eigenvalue weighted by Gasteiger charge is -2.16. The Morgan fingerprint density at radius 3 is 2.81 bits per heavy atom. The van der Waals surface area contributed by atoms with Crippen molar-refractivity contribution in [2.24, 2.45) is 7.05 Å². The van der Waals surface area contributed by atoms with E-state index in [4.69, 9.17) is 0 Å². The van der Waals surface area contributed by atoms with Crippen molar-refractivity contribution in [2.75, 3.05) is 18.0 Å². The molecule has 0 bridgehead atoms. The largest absolute Gasteiger partial charge is 0.345 e. The number of carbonyl (C=O) groups is 1. The highest BCUT2D eigenvalue weighted by atomic mass is 32.1. The number of hydrogen-bond acceptors (Lipinski definition) is 6. The van der Waals surface area contributed by atoms with Crippen LogP contribution in [-0.2, 0) is 13.6 Å². The Labute approximate surface area is 162 Å². The van der Waals surface area contributed by atoms with E-state index in [1.165, 1.54) is 12.8 Å². The quantitative estimate of drug-likeness (QED) is 0.734. The van der Waals surface area contributed by atoms with Crippen LogP contribution in [0.25, 0.3) is 10.6 Å². The smallest absolute Gasteiger partial charge is 0.269 e. The third-order valence-electron chi connectivity index (χ3n) is 4.60. The van der Waals surface area contributed by atoms with Crippen LogP contribution in [0, 0.1) is 6.92 Å². The van der Waals surface area contributed by atoms with Gasteiger partial charge in [-0.05, 0) is 43.3 Å². The fraction of sp³-hybridized carbons (Fsp3) is 0.368. The lowest BCUT2D eigenvalue weighted by Crippen LogP contribution is -2.26. The fourth-order valence-electron chi connectivity index (χ4n) is 3.25. The third kappa shape index (κ3) is 3.85. The molecule has 0 atom stereocenters. The van der Waals surface area contributed by atoms with Crippen molar-refractivity contribution in [3.8, 4) is 10.6 Å². The van der Waals surface area contributed by atoms with Crippen molar-refractivity contribution in [3.63, 3.8) is 0 Å². The topological polar surface area (TPSA) is 75.9 Å². The molecule has 0 saturated carbocycles. The van der Waals surface area contributed by atoms with Crippen molar-refractivity contribution in [3.05, 3.63) is 46.7 Å². The summed E-state index contributed by atoms with van der Waals surface area (Å²) in [6.45, 7) is 4.31. The summed E-state index contributed by atoms with van der Waals surface area (Å²) in [5.74, 6) is 0.601. The molecule has 140 valence electrons. The Morgan fingerprint density at radius 2 is 2.07 bits per heavy atom. The number of hydrogen-bond donors (Lipinski definition) is 1. The zero-order chi connectivity index (χ0) is 18.8. The van der Waals surface area contributed by atoms with Crippen molar-refractivity contribution in [1.29, 1.82) is 0 Å². The number of nitrogens with zero attached hydrogens (tertiary/aromatic N) is 5. The predicted octanol–water partition coefficient (Wildman–Crippen LogP) is 2.78. The van der Waals surface area contributed by atoms with Crippen LogP contribution in [0.5, 0.6) is 0 Å². The molecule has 1 amide bonds. The number of rotatable bonds is 5. The monoisotopic (exact) mass is 382 g/mol. The summed E-state index contributed by atoms with van der Waals surface area (Å²) in [6, 6.07) is 7.71. The minimum absolute atomic E-state index is 0.160. The highest BCUT2D eigenvalue weighted by Crippen LogP contribution is 2.24. The van der Waals surface area contributed by atoms with Gasteiger partial charge >= 0.3 is 0 Å². The van der Waals surface area contributed by atoms with Crippen LogP contribution in [0.4, 0.5) is 5.95 Å². The van der Waals surface area contributed by atoms with E-state index >= 15 is 0 Å². The molecular weight excluding hydrogens is 360 g/mol. The van der Waals surface area contributed by atoms with E-state index in [1.54, 1.807) is 23.1 Å². The number of thiophene rings is 1. The number of carbonyl (C=O) groups excluding carboxylic acids is 1. The van der Waals surface area contributed by atoms with Crippen LogP contribution in [0.1, 0.15) is 34.7 Å². The molecule has 4 rings (SSSR count). The Hall–Kier alpha value is -2.74. The molecule has 0 radical (unpaired) electrons.